The molecule has 2 aliphatic rings. The molecule has 1 aliphatic heterocycles. The number of benzene rings is 2. The molecule has 0 saturated heterocycles. The maximum absolute atomic E-state index is 15.5. The number of hydrogen-bond acceptors (Lipinski definition) is 2. The molecule has 0 atom stereocenters. The first-order valence-corrected chi connectivity index (χ1v) is 9.48. The van der Waals surface area contributed by atoms with Gasteiger partial charge < -0.3 is 10.3 Å². The summed E-state index contributed by atoms with van der Waals surface area (Å²) in [5.41, 5.74) is 3.88. The SMILES string of the molecule is O=C1CN=C(c2cccc(C=c3cc4c([nH]3)=CC=CC4)c2F)c2ccccc2N1. The van der Waals surface area contributed by atoms with E-state index in [2.05, 4.69) is 21.4 Å². The van der Waals surface area contributed by atoms with Gasteiger partial charge in [0.15, 0.2) is 0 Å². The van der Waals surface area contributed by atoms with Crippen LogP contribution in [0.15, 0.2) is 65.7 Å². The molecule has 3 aromatic rings. The number of amides is 1. The predicted octanol–water partition coefficient (Wildman–Crippen LogP) is 2.66. The number of nitrogens with zero attached hydrogens (tertiary/aromatic N) is 1. The number of carbonyl (C=O) groups is 1. The summed E-state index contributed by atoms with van der Waals surface area (Å²) in [5, 5.41) is 4.74. The molecule has 0 saturated carbocycles. The molecule has 5 heteroatoms. The summed E-state index contributed by atoms with van der Waals surface area (Å²) < 4.78 is 15.5. The summed E-state index contributed by atoms with van der Waals surface area (Å²) in [6.45, 7) is -0.0381. The number of carbonyl (C=O) groups excluding carboxylic acids is 1. The van der Waals surface area contributed by atoms with Crippen LogP contribution in [-0.2, 0) is 11.2 Å². The van der Waals surface area contributed by atoms with E-state index in [1.54, 1.807) is 24.3 Å². The average molecular weight is 383 g/mol. The van der Waals surface area contributed by atoms with Crippen molar-refractivity contribution in [2.24, 2.45) is 4.99 Å². The highest BCUT2D eigenvalue weighted by molar-refractivity contribution is 6.19. The Balaban J connectivity index is 1.63. The van der Waals surface area contributed by atoms with E-state index in [0.717, 1.165) is 17.1 Å². The first-order valence-electron chi connectivity index (χ1n) is 9.48. The zero-order valence-corrected chi connectivity index (χ0v) is 15.6. The van der Waals surface area contributed by atoms with Crippen LogP contribution in [0, 0.1) is 5.82 Å². The number of aliphatic imine (C=N–C) groups is 1. The molecule has 0 unspecified atom stereocenters. The number of H-pyrrole nitrogens is 1. The fourth-order valence-corrected chi connectivity index (χ4v) is 3.76. The number of nitrogens with one attached hydrogen (secondary N) is 2. The second kappa shape index (κ2) is 7.02. The van der Waals surface area contributed by atoms with Crippen molar-refractivity contribution in [3.8, 4) is 0 Å². The maximum atomic E-state index is 15.5. The highest BCUT2D eigenvalue weighted by Crippen LogP contribution is 2.25. The molecule has 142 valence electrons. The number of para-hydroxylation sites is 1. The number of hydrogen-bond donors (Lipinski definition) is 2. The average Bonchev–Trinajstić information content (AvgIpc) is 3.06. The largest absolute Gasteiger partial charge is 0.355 e. The number of rotatable bonds is 2. The Morgan fingerprint density at radius 1 is 1.07 bits per heavy atom. The lowest BCUT2D eigenvalue weighted by Crippen LogP contribution is -2.13. The molecule has 4 nitrogen and oxygen atoms in total. The lowest BCUT2D eigenvalue weighted by atomic mass is 9.98. The van der Waals surface area contributed by atoms with Crippen molar-refractivity contribution in [1.82, 2.24) is 4.98 Å². The Morgan fingerprint density at radius 3 is 2.83 bits per heavy atom. The van der Waals surface area contributed by atoms with Crippen molar-refractivity contribution in [3.05, 3.63) is 99.5 Å². The quantitative estimate of drug-likeness (QED) is 0.702. The lowest BCUT2D eigenvalue weighted by Gasteiger charge is -2.11. The molecule has 0 bridgehead atoms. The van der Waals surface area contributed by atoms with E-state index < -0.39 is 0 Å². The molecule has 0 fully saturated rings. The minimum atomic E-state index is -0.356. The van der Waals surface area contributed by atoms with E-state index in [9.17, 15) is 4.79 Å². The summed E-state index contributed by atoms with van der Waals surface area (Å²) in [6, 6.07) is 14.6. The van der Waals surface area contributed by atoms with Gasteiger partial charge in [-0.25, -0.2) is 4.39 Å². The van der Waals surface area contributed by atoms with Crippen LogP contribution in [0.2, 0.25) is 0 Å². The molecular formula is C24H18FN3O. The summed E-state index contributed by atoms with van der Waals surface area (Å²) in [7, 11) is 0. The minimum absolute atomic E-state index is 0.0381. The van der Waals surface area contributed by atoms with Gasteiger partial charge in [0.2, 0.25) is 5.91 Å². The van der Waals surface area contributed by atoms with Crippen LogP contribution in [-0.4, -0.2) is 23.1 Å². The normalized spacial score (nSPS) is 15.7. The van der Waals surface area contributed by atoms with E-state index in [4.69, 9.17) is 0 Å². The van der Waals surface area contributed by atoms with Gasteiger partial charge in [-0.15, -0.1) is 0 Å². The molecule has 0 radical (unpaired) electrons. The van der Waals surface area contributed by atoms with Crippen LogP contribution in [0.25, 0.3) is 12.2 Å². The van der Waals surface area contributed by atoms with Gasteiger partial charge in [0.25, 0.3) is 0 Å². The Labute approximate surface area is 166 Å². The molecule has 2 aromatic carbocycles. The van der Waals surface area contributed by atoms with Gasteiger partial charge in [-0.1, -0.05) is 42.5 Å². The number of aromatic nitrogens is 1. The van der Waals surface area contributed by atoms with Crippen molar-refractivity contribution in [3.63, 3.8) is 0 Å². The second-order valence-corrected chi connectivity index (χ2v) is 7.07. The predicted molar refractivity (Wildman–Crippen MR) is 113 cm³/mol. The highest BCUT2D eigenvalue weighted by atomic mass is 19.1. The summed E-state index contributed by atoms with van der Waals surface area (Å²) in [5.74, 6) is -0.567. The summed E-state index contributed by atoms with van der Waals surface area (Å²) in [4.78, 5) is 19.7. The molecule has 0 spiro atoms. The molecule has 2 heterocycles. The molecule has 1 aromatic heterocycles. The zero-order chi connectivity index (χ0) is 19.8. The standard InChI is InChI=1S/C24H18FN3O/c25-23-16(13-17-12-15-6-1-3-10-20(15)27-17)7-5-9-19(23)24-18-8-2-4-11-21(18)28-22(29)14-26-24/h1-5,7-13,27H,6,14H2,(H,28,29). The Morgan fingerprint density at radius 2 is 1.93 bits per heavy atom. The summed E-state index contributed by atoms with van der Waals surface area (Å²) >= 11 is 0. The number of halogens is 1. The third-order valence-electron chi connectivity index (χ3n) is 5.12. The van der Waals surface area contributed by atoms with Crippen LogP contribution < -0.4 is 16.0 Å². The Bertz CT molecular complexity index is 1310. The van der Waals surface area contributed by atoms with Crippen molar-refractivity contribution in [1.29, 1.82) is 0 Å². The molecule has 2 N–H and O–H groups in total. The molecular weight excluding hydrogens is 365 g/mol. The van der Waals surface area contributed by atoms with Crippen molar-refractivity contribution < 1.29 is 9.18 Å². The number of benzodiazepines with no additional fused rings is 1. The van der Waals surface area contributed by atoms with E-state index in [-0.39, 0.29) is 18.3 Å². The van der Waals surface area contributed by atoms with Crippen LogP contribution in [0.3, 0.4) is 0 Å². The van der Waals surface area contributed by atoms with Crippen molar-refractivity contribution in [2.45, 2.75) is 6.42 Å². The molecule has 5 rings (SSSR count). The molecule has 29 heavy (non-hydrogen) atoms. The lowest BCUT2D eigenvalue weighted by molar-refractivity contribution is -0.114. The van der Waals surface area contributed by atoms with Crippen LogP contribution in [0.1, 0.15) is 22.3 Å². The fourth-order valence-electron chi connectivity index (χ4n) is 3.76. The minimum Gasteiger partial charge on any atom is -0.355 e. The van der Waals surface area contributed by atoms with E-state index in [0.29, 0.717) is 28.1 Å². The number of fused-ring (bicyclic) bond motifs is 2. The first kappa shape index (κ1) is 17.4. The van der Waals surface area contributed by atoms with Crippen LogP contribution in [0.5, 0.6) is 0 Å². The fraction of sp³-hybridized carbons (Fsp3) is 0.0833. The van der Waals surface area contributed by atoms with Gasteiger partial charge in [0.1, 0.15) is 12.4 Å². The monoisotopic (exact) mass is 383 g/mol. The topological polar surface area (TPSA) is 57.2 Å². The van der Waals surface area contributed by atoms with E-state index in [1.807, 2.05) is 42.5 Å². The van der Waals surface area contributed by atoms with E-state index >= 15 is 4.39 Å². The van der Waals surface area contributed by atoms with E-state index in [1.165, 1.54) is 5.56 Å². The summed E-state index contributed by atoms with van der Waals surface area (Å²) in [6.07, 6.45) is 8.80. The van der Waals surface area contributed by atoms with Crippen molar-refractivity contribution in [2.75, 3.05) is 11.9 Å². The van der Waals surface area contributed by atoms with Gasteiger partial charge in [-0.3, -0.25) is 9.79 Å². The smallest absolute Gasteiger partial charge is 0.246 e. The van der Waals surface area contributed by atoms with Gasteiger partial charge in [-0.05, 0) is 42.3 Å². The molecule has 1 aliphatic carbocycles. The van der Waals surface area contributed by atoms with Gasteiger partial charge in [0.05, 0.1) is 11.4 Å². The second-order valence-electron chi connectivity index (χ2n) is 7.07. The van der Waals surface area contributed by atoms with Gasteiger partial charge in [-0.2, -0.15) is 0 Å². The highest BCUT2D eigenvalue weighted by Gasteiger charge is 2.20. The number of aromatic amines is 1. The van der Waals surface area contributed by atoms with Gasteiger partial charge >= 0.3 is 0 Å². The zero-order valence-electron chi connectivity index (χ0n) is 15.6. The van der Waals surface area contributed by atoms with Crippen LogP contribution in [0.4, 0.5) is 10.1 Å². The Kier molecular flexibility index (Phi) is 4.21. The Hall–Kier alpha value is -3.73. The first-order chi connectivity index (χ1) is 14.2. The number of allylic oxidation sites excluding steroid dienone is 2. The molecule has 1 amide bonds. The third-order valence-corrected chi connectivity index (χ3v) is 5.12. The van der Waals surface area contributed by atoms with Gasteiger partial charge in [0, 0.05) is 27.4 Å². The maximum Gasteiger partial charge on any atom is 0.246 e. The number of anilines is 1. The van der Waals surface area contributed by atoms with Crippen LogP contribution >= 0.6 is 0 Å². The van der Waals surface area contributed by atoms with Crippen molar-refractivity contribution >= 4 is 29.5 Å². The third kappa shape index (κ3) is 3.21.